The van der Waals surface area contributed by atoms with Crippen LogP contribution < -0.4 is 10.6 Å². The van der Waals surface area contributed by atoms with Crippen molar-refractivity contribution >= 4 is 28.1 Å². The van der Waals surface area contributed by atoms with Crippen LogP contribution in [0.5, 0.6) is 0 Å². The average molecular weight is 295 g/mol. The molecule has 0 radical (unpaired) electrons. The number of nitrogens with zero attached hydrogens (tertiary/aromatic N) is 3. The van der Waals surface area contributed by atoms with Crippen molar-refractivity contribution in [2.75, 3.05) is 29.2 Å². The van der Waals surface area contributed by atoms with Crippen LogP contribution in [0.3, 0.4) is 0 Å². The van der Waals surface area contributed by atoms with E-state index in [-0.39, 0.29) is 6.04 Å². The van der Waals surface area contributed by atoms with E-state index in [1.807, 2.05) is 23.7 Å². The topological polar surface area (TPSA) is 71.3 Å². The summed E-state index contributed by atoms with van der Waals surface area (Å²) in [6.45, 7) is 4.91. The van der Waals surface area contributed by atoms with Gasteiger partial charge in [0.25, 0.3) is 0 Å². The Bertz CT molecular complexity index is 597. The van der Waals surface area contributed by atoms with Crippen molar-refractivity contribution in [1.82, 2.24) is 14.4 Å². The highest BCUT2D eigenvalue weighted by molar-refractivity contribution is 7.84. The molecule has 110 valence electrons. The van der Waals surface area contributed by atoms with Gasteiger partial charge in [0.2, 0.25) is 0 Å². The second-order valence-corrected chi connectivity index (χ2v) is 6.33. The summed E-state index contributed by atoms with van der Waals surface area (Å²) in [5.74, 6) is 2.25. The van der Waals surface area contributed by atoms with Gasteiger partial charge in [0.05, 0.1) is 6.20 Å². The number of rotatable bonds is 7. The van der Waals surface area contributed by atoms with Gasteiger partial charge in [-0.25, -0.2) is 9.97 Å². The second-order valence-electron chi connectivity index (χ2n) is 4.77. The first kappa shape index (κ1) is 14.8. The molecule has 2 aromatic heterocycles. The molecular weight excluding hydrogens is 274 g/mol. The van der Waals surface area contributed by atoms with Gasteiger partial charge in [-0.2, -0.15) is 0 Å². The Morgan fingerprint density at radius 3 is 3.00 bits per heavy atom. The number of hydrogen-bond donors (Lipinski definition) is 2. The fourth-order valence-corrected chi connectivity index (χ4v) is 2.63. The van der Waals surface area contributed by atoms with Crippen molar-refractivity contribution < 1.29 is 4.21 Å². The summed E-state index contributed by atoms with van der Waals surface area (Å²) in [5, 5.41) is 6.56. The van der Waals surface area contributed by atoms with Crippen molar-refractivity contribution in [2.45, 2.75) is 26.3 Å². The minimum atomic E-state index is -0.765. The summed E-state index contributed by atoms with van der Waals surface area (Å²) in [6, 6.07) is 0.198. The lowest BCUT2D eigenvalue weighted by molar-refractivity contribution is 0.678. The molecule has 2 aromatic rings. The highest BCUT2D eigenvalue weighted by Crippen LogP contribution is 2.17. The van der Waals surface area contributed by atoms with E-state index in [4.69, 9.17) is 0 Å². The van der Waals surface area contributed by atoms with Crippen molar-refractivity contribution in [3.63, 3.8) is 0 Å². The maximum Gasteiger partial charge on any atom is 0.180 e. The smallest absolute Gasteiger partial charge is 0.180 e. The van der Waals surface area contributed by atoms with Crippen molar-refractivity contribution in [3.8, 4) is 0 Å². The van der Waals surface area contributed by atoms with E-state index in [1.54, 1.807) is 12.5 Å². The maximum absolute atomic E-state index is 11.2. The number of anilines is 2. The van der Waals surface area contributed by atoms with E-state index in [0.29, 0.717) is 5.75 Å². The Morgan fingerprint density at radius 2 is 2.30 bits per heavy atom. The first-order valence-corrected chi connectivity index (χ1v) is 8.47. The van der Waals surface area contributed by atoms with E-state index in [0.717, 1.165) is 30.2 Å². The molecule has 20 heavy (non-hydrogen) atoms. The van der Waals surface area contributed by atoms with Gasteiger partial charge < -0.3 is 15.0 Å². The molecule has 0 fully saturated rings. The lowest BCUT2D eigenvalue weighted by atomic mass is 10.2. The number of fused-ring (bicyclic) bond motifs is 1. The third-order valence-corrected chi connectivity index (χ3v) is 3.76. The van der Waals surface area contributed by atoms with Crippen molar-refractivity contribution in [2.24, 2.45) is 0 Å². The first-order chi connectivity index (χ1) is 9.60. The van der Waals surface area contributed by atoms with Crippen molar-refractivity contribution in [1.29, 1.82) is 0 Å². The van der Waals surface area contributed by atoms with Gasteiger partial charge >= 0.3 is 0 Å². The monoisotopic (exact) mass is 295 g/mol. The van der Waals surface area contributed by atoms with E-state index in [9.17, 15) is 4.21 Å². The van der Waals surface area contributed by atoms with Crippen LogP contribution in [-0.2, 0) is 10.8 Å². The third kappa shape index (κ3) is 3.69. The van der Waals surface area contributed by atoms with Gasteiger partial charge in [0, 0.05) is 47.8 Å². The summed E-state index contributed by atoms with van der Waals surface area (Å²) in [4.78, 5) is 8.87. The summed E-state index contributed by atoms with van der Waals surface area (Å²) < 4.78 is 13.1. The minimum absolute atomic E-state index is 0.198. The molecule has 2 heterocycles. The van der Waals surface area contributed by atoms with Crippen LogP contribution in [0.25, 0.3) is 5.65 Å². The zero-order valence-corrected chi connectivity index (χ0v) is 12.9. The Balaban J connectivity index is 2.18. The van der Waals surface area contributed by atoms with Gasteiger partial charge in [-0.1, -0.05) is 0 Å². The molecule has 2 N–H and O–H groups in total. The molecule has 2 atom stereocenters. The van der Waals surface area contributed by atoms with Crippen LogP contribution in [0.1, 0.15) is 20.3 Å². The Hall–Kier alpha value is -1.63. The fraction of sp³-hybridized carbons (Fsp3) is 0.538. The molecular formula is C13H21N5OS. The Morgan fingerprint density at radius 1 is 1.50 bits per heavy atom. The van der Waals surface area contributed by atoms with Gasteiger partial charge in [-0.3, -0.25) is 4.21 Å². The van der Waals surface area contributed by atoms with E-state index >= 15 is 0 Å². The zero-order chi connectivity index (χ0) is 14.5. The molecule has 0 aliphatic rings. The molecule has 0 spiro atoms. The highest BCUT2D eigenvalue weighted by atomic mass is 32.2. The number of nitrogens with one attached hydrogen (secondary N) is 2. The molecule has 0 amide bonds. The van der Waals surface area contributed by atoms with Gasteiger partial charge in [-0.15, -0.1) is 0 Å². The summed E-state index contributed by atoms with van der Waals surface area (Å²) >= 11 is 0. The number of imidazole rings is 1. The maximum atomic E-state index is 11.2. The fourth-order valence-electron chi connectivity index (χ4n) is 1.94. The molecule has 6 nitrogen and oxygen atoms in total. The average Bonchev–Trinajstić information content (AvgIpc) is 2.85. The second kappa shape index (κ2) is 6.69. The van der Waals surface area contributed by atoms with Crippen LogP contribution in [0.15, 0.2) is 18.6 Å². The molecule has 0 bridgehead atoms. The third-order valence-electron chi connectivity index (χ3n) is 2.95. The number of aromatic nitrogens is 3. The molecule has 0 saturated heterocycles. The molecule has 0 saturated carbocycles. The first-order valence-electron chi connectivity index (χ1n) is 6.74. The molecule has 0 aliphatic carbocycles. The summed E-state index contributed by atoms with van der Waals surface area (Å²) in [5.41, 5.74) is 0.802. The predicted octanol–water partition coefficient (Wildman–Crippen LogP) is 1.73. The lowest BCUT2D eigenvalue weighted by Crippen LogP contribution is -2.19. The number of hydrogen-bond acceptors (Lipinski definition) is 5. The standard InChI is InChI=1S/C13H21N5OS/c1-4-14-11-9-18-7-6-15-13(18)12(17-11)16-10(2)5-8-20(3)19/h6-7,9-10,14H,4-5,8H2,1-3H3,(H,16,17). The molecule has 2 rings (SSSR count). The van der Waals surface area contributed by atoms with Gasteiger partial charge in [0.1, 0.15) is 5.82 Å². The van der Waals surface area contributed by atoms with Crippen LogP contribution in [0.4, 0.5) is 11.6 Å². The zero-order valence-electron chi connectivity index (χ0n) is 12.1. The van der Waals surface area contributed by atoms with Crippen LogP contribution >= 0.6 is 0 Å². The van der Waals surface area contributed by atoms with Crippen molar-refractivity contribution in [3.05, 3.63) is 18.6 Å². The van der Waals surface area contributed by atoms with E-state index < -0.39 is 10.8 Å². The summed E-state index contributed by atoms with van der Waals surface area (Å²) in [6.07, 6.45) is 8.13. The Kier molecular flexibility index (Phi) is 4.94. The lowest BCUT2D eigenvalue weighted by Gasteiger charge is -2.15. The largest absolute Gasteiger partial charge is 0.369 e. The summed E-state index contributed by atoms with van der Waals surface area (Å²) in [7, 11) is -0.765. The van der Waals surface area contributed by atoms with Crippen LogP contribution in [0.2, 0.25) is 0 Å². The quantitative estimate of drug-likeness (QED) is 0.814. The SMILES string of the molecule is CCNc1cn2ccnc2c(NC(C)CCS(C)=O)n1. The van der Waals surface area contributed by atoms with Crippen LogP contribution in [0, 0.1) is 0 Å². The predicted molar refractivity (Wildman–Crippen MR) is 83.8 cm³/mol. The Labute approximate surface area is 121 Å². The van der Waals surface area contributed by atoms with Crippen LogP contribution in [-0.4, -0.2) is 43.2 Å². The molecule has 0 aliphatic heterocycles. The van der Waals surface area contributed by atoms with Gasteiger partial charge in [-0.05, 0) is 20.3 Å². The normalized spacial score (nSPS) is 14.2. The molecule has 2 unspecified atom stereocenters. The minimum Gasteiger partial charge on any atom is -0.369 e. The van der Waals surface area contributed by atoms with E-state index in [2.05, 4.69) is 27.5 Å². The van der Waals surface area contributed by atoms with E-state index in [1.165, 1.54) is 0 Å². The highest BCUT2D eigenvalue weighted by Gasteiger charge is 2.10. The molecule has 0 aromatic carbocycles. The van der Waals surface area contributed by atoms with Gasteiger partial charge in [0.15, 0.2) is 11.5 Å². The molecule has 7 heteroatoms.